The van der Waals surface area contributed by atoms with E-state index < -0.39 is 29.2 Å². The minimum absolute atomic E-state index is 0. The zero-order valence-electron chi connectivity index (χ0n) is 14.6. The molecule has 0 saturated heterocycles. The first-order valence-electron chi connectivity index (χ1n) is 8.13. The number of alkyl halides is 3. The van der Waals surface area contributed by atoms with Crippen LogP contribution in [0.1, 0.15) is 30.8 Å². The summed E-state index contributed by atoms with van der Waals surface area (Å²) in [5.41, 5.74) is 7.04. The molecule has 28 heavy (non-hydrogen) atoms. The molecular formula is C18H17ClF4N4O. The van der Waals surface area contributed by atoms with Crippen LogP contribution in [0.2, 0.25) is 0 Å². The zero-order chi connectivity index (χ0) is 19.8. The Morgan fingerprint density at radius 3 is 2.54 bits per heavy atom. The number of halogens is 5. The molecule has 150 valence electrons. The molecule has 1 atom stereocenters. The molecule has 1 aromatic heterocycles. The molecule has 0 bridgehead atoms. The van der Waals surface area contributed by atoms with Crippen molar-refractivity contribution in [2.45, 2.75) is 25.6 Å². The van der Waals surface area contributed by atoms with Crippen molar-refractivity contribution in [1.29, 1.82) is 0 Å². The fourth-order valence-corrected chi connectivity index (χ4v) is 2.64. The van der Waals surface area contributed by atoms with Crippen LogP contribution in [-0.4, -0.2) is 9.66 Å². The highest BCUT2D eigenvalue weighted by Crippen LogP contribution is 2.30. The van der Waals surface area contributed by atoms with Gasteiger partial charge in [-0.2, -0.15) is 13.2 Å². The summed E-state index contributed by atoms with van der Waals surface area (Å²) in [6.07, 6.45) is -4.13. The highest BCUT2D eigenvalue weighted by molar-refractivity contribution is 5.85. The van der Waals surface area contributed by atoms with Crippen LogP contribution >= 0.6 is 12.4 Å². The molecule has 10 heteroatoms. The average Bonchev–Trinajstić information content (AvgIpc) is 2.62. The Morgan fingerprint density at radius 1 is 1.21 bits per heavy atom. The monoisotopic (exact) mass is 416 g/mol. The third-order valence-corrected chi connectivity index (χ3v) is 4.07. The molecule has 0 spiro atoms. The van der Waals surface area contributed by atoms with Crippen LogP contribution in [0, 0.1) is 5.82 Å². The molecule has 0 aliphatic heterocycles. The Labute approximate surface area is 163 Å². The van der Waals surface area contributed by atoms with Crippen LogP contribution in [0.15, 0.2) is 47.3 Å². The molecule has 2 aromatic carbocycles. The van der Waals surface area contributed by atoms with Crippen LogP contribution in [0.4, 0.5) is 23.2 Å². The number of nitrogens with two attached hydrogens (primary N) is 1. The molecule has 3 N–H and O–H groups in total. The molecular weight excluding hydrogens is 400 g/mol. The van der Waals surface area contributed by atoms with E-state index in [2.05, 4.69) is 10.4 Å². The number of aromatic nitrogens is 2. The van der Waals surface area contributed by atoms with E-state index in [4.69, 9.17) is 5.73 Å². The minimum atomic E-state index is -4.54. The quantitative estimate of drug-likeness (QED) is 0.623. The van der Waals surface area contributed by atoms with Crippen LogP contribution in [-0.2, 0) is 6.18 Å². The predicted molar refractivity (Wildman–Crippen MR) is 101 cm³/mol. The van der Waals surface area contributed by atoms with E-state index in [1.807, 2.05) is 0 Å². The fraction of sp³-hybridized carbons (Fsp3) is 0.222. The Kier molecular flexibility index (Phi) is 6.30. The van der Waals surface area contributed by atoms with Crippen molar-refractivity contribution in [3.63, 3.8) is 0 Å². The minimum Gasteiger partial charge on any atom is -0.321 e. The van der Waals surface area contributed by atoms with Crippen molar-refractivity contribution in [3.05, 3.63) is 70.0 Å². The van der Waals surface area contributed by atoms with Gasteiger partial charge in [-0.05, 0) is 36.8 Å². The number of nitrogens with zero attached hydrogens (tertiary/aromatic N) is 2. The van der Waals surface area contributed by atoms with Gasteiger partial charge in [-0.25, -0.2) is 14.1 Å². The van der Waals surface area contributed by atoms with Gasteiger partial charge in [-0.15, -0.1) is 12.4 Å². The van der Waals surface area contributed by atoms with E-state index in [1.54, 1.807) is 6.92 Å². The van der Waals surface area contributed by atoms with E-state index in [-0.39, 0.29) is 34.8 Å². The summed E-state index contributed by atoms with van der Waals surface area (Å²) >= 11 is 0. The molecule has 0 saturated carbocycles. The average molecular weight is 417 g/mol. The SMILES string of the molecule is CC[C@H](N)c1nc2cccc(F)c2c(=O)n1Nc1cccc(C(F)(F)F)c1.Cl. The smallest absolute Gasteiger partial charge is 0.321 e. The second kappa shape index (κ2) is 8.15. The van der Waals surface area contributed by atoms with Gasteiger partial charge in [0.05, 0.1) is 22.8 Å². The highest BCUT2D eigenvalue weighted by atomic mass is 35.5. The van der Waals surface area contributed by atoms with Gasteiger partial charge in [0.1, 0.15) is 17.0 Å². The van der Waals surface area contributed by atoms with E-state index >= 15 is 0 Å². The van der Waals surface area contributed by atoms with Crippen molar-refractivity contribution in [3.8, 4) is 0 Å². The molecule has 3 aromatic rings. The first-order chi connectivity index (χ1) is 12.7. The van der Waals surface area contributed by atoms with Gasteiger partial charge in [0.15, 0.2) is 0 Å². The molecule has 0 aliphatic rings. The number of nitrogens with one attached hydrogen (secondary N) is 1. The highest BCUT2D eigenvalue weighted by Gasteiger charge is 2.30. The molecule has 1 heterocycles. The molecule has 0 unspecified atom stereocenters. The molecule has 0 fully saturated rings. The summed E-state index contributed by atoms with van der Waals surface area (Å²) < 4.78 is 53.8. The second-order valence-corrected chi connectivity index (χ2v) is 5.95. The maximum absolute atomic E-state index is 14.1. The van der Waals surface area contributed by atoms with Crippen LogP contribution < -0.4 is 16.7 Å². The number of benzene rings is 2. The van der Waals surface area contributed by atoms with E-state index in [9.17, 15) is 22.4 Å². The van der Waals surface area contributed by atoms with Crippen LogP contribution in [0.3, 0.4) is 0 Å². The molecule has 0 amide bonds. The molecule has 3 rings (SSSR count). The van der Waals surface area contributed by atoms with Gasteiger partial charge >= 0.3 is 6.18 Å². The van der Waals surface area contributed by atoms with Crippen molar-refractivity contribution in [2.24, 2.45) is 5.73 Å². The summed E-state index contributed by atoms with van der Waals surface area (Å²) in [6, 6.07) is 7.63. The van der Waals surface area contributed by atoms with Gasteiger partial charge in [0.25, 0.3) is 5.56 Å². The third-order valence-electron chi connectivity index (χ3n) is 4.07. The first kappa shape index (κ1) is 21.6. The second-order valence-electron chi connectivity index (χ2n) is 5.95. The van der Waals surface area contributed by atoms with Crippen molar-refractivity contribution < 1.29 is 17.6 Å². The summed E-state index contributed by atoms with van der Waals surface area (Å²) in [7, 11) is 0. The number of hydrogen-bond acceptors (Lipinski definition) is 4. The van der Waals surface area contributed by atoms with Crippen molar-refractivity contribution in [1.82, 2.24) is 9.66 Å². The van der Waals surface area contributed by atoms with Gasteiger partial charge in [-0.1, -0.05) is 19.1 Å². The number of hydrogen-bond donors (Lipinski definition) is 2. The number of anilines is 1. The van der Waals surface area contributed by atoms with Crippen molar-refractivity contribution >= 4 is 29.0 Å². The zero-order valence-corrected chi connectivity index (χ0v) is 15.4. The summed E-state index contributed by atoms with van der Waals surface area (Å²) in [5.74, 6) is -0.681. The number of rotatable bonds is 4. The lowest BCUT2D eigenvalue weighted by molar-refractivity contribution is -0.137. The van der Waals surface area contributed by atoms with E-state index in [0.717, 1.165) is 22.9 Å². The van der Waals surface area contributed by atoms with Gasteiger partial charge < -0.3 is 5.73 Å². The lowest BCUT2D eigenvalue weighted by Gasteiger charge is -2.19. The maximum Gasteiger partial charge on any atom is 0.416 e. The summed E-state index contributed by atoms with van der Waals surface area (Å²) in [5, 5.41) is -0.274. The standard InChI is InChI=1S/C18H16F4N4O.ClH/c1-2-13(23)16-24-14-8-4-7-12(19)15(14)17(27)26(16)25-11-6-3-5-10(9-11)18(20,21)22;/h3-9,13,25H,2,23H2,1H3;1H/t13-;/m0./s1. The largest absolute Gasteiger partial charge is 0.416 e. The summed E-state index contributed by atoms with van der Waals surface area (Å²) in [6.45, 7) is 1.77. The molecule has 0 radical (unpaired) electrons. The fourth-order valence-electron chi connectivity index (χ4n) is 2.64. The Balaban J connectivity index is 0.00000280. The summed E-state index contributed by atoms with van der Waals surface area (Å²) in [4.78, 5) is 17.1. The first-order valence-corrected chi connectivity index (χ1v) is 8.13. The topological polar surface area (TPSA) is 72.9 Å². The van der Waals surface area contributed by atoms with Gasteiger partial charge in [0, 0.05) is 0 Å². The Morgan fingerprint density at radius 2 is 1.89 bits per heavy atom. The van der Waals surface area contributed by atoms with E-state index in [1.165, 1.54) is 24.3 Å². The molecule has 5 nitrogen and oxygen atoms in total. The molecule has 0 aliphatic carbocycles. The predicted octanol–water partition coefficient (Wildman–Crippen LogP) is 4.26. The van der Waals surface area contributed by atoms with E-state index in [0.29, 0.717) is 6.42 Å². The van der Waals surface area contributed by atoms with Gasteiger partial charge in [-0.3, -0.25) is 10.2 Å². The maximum atomic E-state index is 14.1. The normalized spacial score (nSPS) is 12.5. The lowest BCUT2D eigenvalue weighted by atomic mass is 10.2. The number of fused-ring (bicyclic) bond motifs is 1. The Hall–Kier alpha value is -2.65. The lowest BCUT2D eigenvalue weighted by Crippen LogP contribution is -2.34. The Bertz CT molecular complexity index is 1050. The third kappa shape index (κ3) is 4.10. The van der Waals surface area contributed by atoms with Crippen LogP contribution in [0.5, 0.6) is 0 Å². The van der Waals surface area contributed by atoms with Crippen molar-refractivity contribution in [2.75, 3.05) is 5.43 Å². The van der Waals surface area contributed by atoms with Gasteiger partial charge in [0.2, 0.25) is 0 Å². The van der Waals surface area contributed by atoms with Crippen LogP contribution in [0.25, 0.3) is 10.9 Å².